The zero-order valence-corrected chi connectivity index (χ0v) is 9.32. The van der Waals surface area contributed by atoms with Gasteiger partial charge in [0.2, 0.25) is 0 Å². The third-order valence-electron chi connectivity index (χ3n) is 2.51. The predicted octanol–water partition coefficient (Wildman–Crippen LogP) is 2.92. The van der Waals surface area contributed by atoms with Gasteiger partial charge in [-0.1, -0.05) is 30.3 Å². The van der Waals surface area contributed by atoms with Crippen molar-refractivity contribution in [2.45, 2.75) is 12.7 Å². The summed E-state index contributed by atoms with van der Waals surface area (Å²) in [5.41, 5.74) is 0.448. The van der Waals surface area contributed by atoms with E-state index in [0.29, 0.717) is 12.0 Å². The highest BCUT2D eigenvalue weighted by molar-refractivity contribution is 5.24. The van der Waals surface area contributed by atoms with Crippen molar-refractivity contribution in [1.29, 1.82) is 0 Å². The lowest BCUT2D eigenvalue weighted by atomic mass is 10.1. The van der Waals surface area contributed by atoms with Gasteiger partial charge in [0.25, 0.3) is 5.56 Å². The highest BCUT2D eigenvalue weighted by Crippen LogP contribution is 2.19. The summed E-state index contributed by atoms with van der Waals surface area (Å²) < 4.78 is 36.9. The smallest absolute Gasteiger partial charge is 0.269 e. The Hall–Kier alpha value is -2.04. The summed E-state index contributed by atoms with van der Waals surface area (Å²) in [4.78, 5) is 11.3. The molecule has 1 aromatic heterocycles. The molecule has 0 amide bonds. The molecule has 1 heterocycles. The molecular weight excluding hydrogens is 243 g/mol. The Morgan fingerprint density at radius 1 is 1.00 bits per heavy atom. The minimum absolute atomic E-state index is 0.235. The maximum Gasteiger partial charge on any atom is 0.491 e. The lowest BCUT2D eigenvalue weighted by Crippen LogP contribution is -2.29. The van der Waals surface area contributed by atoms with Gasteiger partial charge in [-0.3, -0.25) is 4.79 Å². The Bertz CT molecular complexity index is 587. The van der Waals surface area contributed by atoms with E-state index in [2.05, 4.69) is 0 Å². The van der Waals surface area contributed by atoms with Gasteiger partial charge >= 0.3 is 6.30 Å². The van der Waals surface area contributed by atoms with E-state index in [1.807, 2.05) is 30.3 Å². The summed E-state index contributed by atoms with van der Waals surface area (Å²) in [5, 5.41) is 0. The van der Waals surface area contributed by atoms with Gasteiger partial charge in [-0.05, 0) is 23.6 Å². The van der Waals surface area contributed by atoms with Gasteiger partial charge in [-0.25, -0.2) is 4.57 Å². The van der Waals surface area contributed by atoms with E-state index in [1.165, 1.54) is 6.07 Å². The van der Waals surface area contributed by atoms with Gasteiger partial charge in [-0.2, -0.15) is 0 Å². The average molecular weight is 253 g/mol. The fraction of sp³-hybridized carbons (Fsp3) is 0.154. The molecule has 0 fully saturated rings. The average Bonchev–Trinajstić information content (AvgIpc) is 2.28. The molecule has 94 valence electrons. The molecular formula is C13H10F3NO. The summed E-state index contributed by atoms with van der Waals surface area (Å²) in [6.07, 6.45) is -3.46. The van der Waals surface area contributed by atoms with Gasteiger partial charge in [0, 0.05) is 12.3 Å². The van der Waals surface area contributed by atoms with Gasteiger partial charge in [-0.15, -0.1) is 13.2 Å². The molecule has 2 rings (SSSR count). The second-order valence-corrected chi connectivity index (χ2v) is 3.87. The summed E-state index contributed by atoms with van der Waals surface area (Å²) in [6.45, 7) is 0. The number of nitrogens with zero attached hydrogens (tertiary/aromatic N) is 1. The Kier molecular flexibility index (Phi) is 3.23. The van der Waals surface area contributed by atoms with Crippen LogP contribution in [-0.4, -0.2) is 4.57 Å². The molecule has 0 saturated heterocycles. The second kappa shape index (κ2) is 4.68. The normalized spacial score (nSPS) is 11.5. The van der Waals surface area contributed by atoms with Crippen molar-refractivity contribution >= 4 is 0 Å². The van der Waals surface area contributed by atoms with Crippen LogP contribution in [0.2, 0.25) is 0 Å². The first kappa shape index (κ1) is 12.4. The van der Waals surface area contributed by atoms with Crippen LogP contribution in [0.1, 0.15) is 11.1 Å². The Balaban J connectivity index is 2.28. The minimum Gasteiger partial charge on any atom is -0.269 e. The van der Waals surface area contributed by atoms with Crippen LogP contribution in [0, 0.1) is 0 Å². The van der Waals surface area contributed by atoms with Crippen LogP contribution in [0.5, 0.6) is 0 Å². The number of benzene rings is 1. The molecule has 0 aliphatic heterocycles. The zero-order valence-electron chi connectivity index (χ0n) is 9.32. The largest absolute Gasteiger partial charge is 0.491 e. The van der Waals surface area contributed by atoms with Crippen molar-refractivity contribution in [2.75, 3.05) is 0 Å². The van der Waals surface area contributed by atoms with Crippen molar-refractivity contribution < 1.29 is 13.2 Å². The molecule has 0 saturated carbocycles. The van der Waals surface area contributed by atoms with Crippen LogP contribution < -0.4 is 5.56 Å². The van der Waals surface area contributed by atoms with E-state index in [-0.39, 0.29) is 4.57 Å². The van der Waals surface area contributed by atoms with Crippen molar-refractivity contribution in [3.05, 3.63) is 70.1 Å². The van der Waals surface area contributed by atoms with E-state index in [4.69, 9.17) is 0 Å². The summed E-state index contributed by atoms with van der Waals surface area (Å²) in [5.74, 6) is 0. The maximum absolute atomic E-state index is 12.4. The van der Waals surface area contributed by atoms with E-state index in [9.17, 15) is 18.0 Å². The molecule has 1 aromatic carbocycles. The molecule has 5 heteroatoms. The molecule has 0 radical (unpaired) electrons. The molecule has 0 atom stereocenters. The first-order valence-corrected chi connectivity index (χ1v) is 5.29. The first-order valence-electron chi connectivity index (χ1n) is 5.29. The third-order valence-corrected chi connectivity index (χ3v) is 2.51. The summed E-state index contributed by atoms with van der Waals surface area (Å²) in [6, 6.07) is 11.6. The number of hydrogen-bond acceptors (Lipinski definition) is 1. The summed E-state index contributed by atoms with van der Waals surface area (Å²) >= 11 is 0. The highest BCUT2D eigenvalue weighted by atomic mass is 19.4. The fourth-order valence-electron chi connectivity index (χ4n) is 1.67. The van der Waals surface area contributed by atoms with E-state index in [1.54, 1.807) is 0 Å². The van der Waals surface area contributed by atoms with Crippen molar-refractivity contribution in [1.82, 2.24) is 4.57 Å². The molecule has 0 spiro atoms. The lowest BCUT2D eigenvalue weighted by molar-refractivity contribution is -0.206. The first-order chi connectivity index (χ1) is 8.47. The van der Waals surface area contributed by atoms with Crippen LogP contribution in [0.15, 0.2) is 53.5 Å². The molecule has 0 unspecified atom stereocenters. The Labute approximate surface area is 101 Å². The third kappa shape index (κ3) is 2.80. The van der Waals surface area contributed by atoms with Crippen molar-refractivity contribution in [2.24, 2.45) is 0 Å². The lowest BCUT2D eigenvalue weighted by Gasteiger charge is -2.10. The highest BCUT2D eigenvalue weighted by Gasteiger charge is 2.31. The zero-order chi connectivity index (χ0) is 13.2. The van der Waals surface area contributed by atoms with Crippen molar-refractivity contribution in [3.63, 3.8) is 0 Å². The van der Waals surface area contributed by atoms with Crippen LogP contribution in [0.3, 0.4) is 0 Å². The molecule has 18 heavy (non-hydrogen) atoms. The molecule has 0 aliphatic rings. The van der Waals surface area contributed by atoms with Gasteiger partial charge < -0.3 is 0 Å². The number of pyridine rings is 1. The molecule has 0 bridgehead atoms. The maximum atomic E-state index is 12.4. The molecule has 2 nitrogen and oxygen atoms in total. The number of halogens is 3. The SMILES string of the molecule is O=c1cc(Cc2ccccc2)ccn1C(F)(F)F. The van der Waals surface area contributed by atoms with Crippen LogP contribution in [-0.2, 0) is 12.7 Å². The van der Waals surface area contributed by atoms with Gasteiger partial charge in [0.05, 0.1) is 0 Å². The quantitative estimate of drug-likeness (QED) is 0.806. The standard InChI is InChI=1S/C13H10F3NO/c14-13(15,16)17-7-6-11(9-12(17)18)8-10-4-2-1-3-5-10/h1-7,9H,8H2. The molecule has 2 aromatic rings. The van der Waals surface area contributed by atoms with Crippen LogP contribution >= 0.6 is 0 Å². The Morgan fingerprint density at radius 2 is 1.67 bits per heavy atom. The number of alkyl halides is 3. The van der Waals surface area contributed by atoms with Gasteiger partial charge in [0.1, 0.15) is 0 Å². The number of hydrogen-bond donors (Lipinski definition) is 0. The van der Waals surface area contributed by atoms with Gasteiger partial charge in [0.15, 0.2) is 0 Å². The van der Waals surface area contributed by atoms with Crippen LogP contribution in [0.4, 0.5) is 13.2 Å². The van der Waals surface area contributed by atoms with E-state index >= 15 is 0 Å². The number of rotatable bonds is 2. The number of aromatic nitrogens is 1. The topological polar surface area (TPSA) is 22.0 Å². The second-order valence-electron chi connectivity index (χ2n) is 3.87. The van der Waals surface area contributed by atoms with E-state index in [0.717, 1.165) is 17.8 Å². The molecule has 0 aliphatic carbocycles. The van der Waals surface area contributed by atoms with Crippen molar-refractivity contribution in [3.8, 4) is 0 Å². The van der Waals surface area contributed by atoms with Crippen LogP contribution in [0.25, 0.3) is 0 Å². The van der Waals surface area contributed by atoms with E-state index < -0.39 is 11.9 Å². The minimum atomic E-state index is -4.66. The fourth-order valence-corrected chi connectivity index (χ4v) is 1.67. The predicted molar refractivity (Wildman–Crippen MR) is 61.2 cm³/mol. The molecule has 0 N–H and O–H groups in total. The summed E-state index contributed by atoms with van der Waals surface area (Å²) in [7, 11) is 0. The monoisotopic (exact) mass is 253 g/mol. The Morgan fingerprint density at radius 3 is 2.22 bits per heavy atom.